The topological polar surface area (TPSA) is 81.6 Å². The Morgan fingerprint density at radius 2 is 2.22 bits per heavy atom. The van der Waals surface area contributed by atoms with Gasteiger partial charge in [-0.15, -0.1) is 0 Å². The van der Waals surface area contributed by atoms with E-state index >= 15 is 0 Å². The van der Waals surface area contributed by atoms with E-state index in [4.69, 9.17) is 14.9 Å². The predicted octanol–water partition coefficient (Wildman–Crippen LogP) is 0.366. The summed E-state index contributed by atoms with van der Waals surface area (Å²) in [5.41, 5.74) is 6.18. The SMILES string of the molecule is Cc1nc(CN2CC(C(N)=O)O[C@H](C)C2)oc1C. The highest BCUT2D eigenvalue weighted by Crippen LogP contribution is 2.15. The Morgan fingerprint density at radius 3 is 2.78 bits per heavy atom. The quantitative estimate of drug-likeness (QED) is 0.841. The number of aryl methyl sites for hydroxylation is 2. The first-order chi connectivity index (χ1) is 8.45. The van der Waals surface area contributed by atoms with Gasteiger partial charge in [-0.2, -0.15) is 0 Å². The highest BCUT2D eigenvalue weighted by Gasteiger charge is 2.29. The highest BCUT2D eigenvalue weighted by atomic mass is 16.5. The summed E-state index contributed by atoms with van der Waals surface area (Å²) < 4.78 is 11.0. The maximum Gasteiger partial charge on any atom is 0.247 e. The van der Waals surface area contributed by atoms with E-state index in [0.717, 1.165) is 18.0 Å². The van der Waals surface area contributed by atoms with Crippen LogP contribution in [0.5, 0.6) is 0 Å². The lowest BCUT2D eigenvalue weighted by Gasteiger charge is -2.34. The molecule has 1 aromatic rings. The van der Waals surface area contributed by atoms with Crippen molar-refractivity contribution in [3.8, 4) is 0 Å². The number of ether oxygens (including phenoxy) is 1. The molecule has 0 bridgehead atoms. The van der Waals surface area contributed by atoms with Crippen molar-refractivity contribution in [2.24, 2.45) is 5.73 Å². The standard InChI is InChI=1S/C12H19N3O3/c1-7-4-15(5-10(17-7)12(13)16)6-11-14-8(2)9(3)18-11/h7,10H,4-6H2,1-3H3,(H2,13,16)/t7-,10?/m1/s1. The number of nitrogens with two attached hydrogens (primary N) is 1. The molecular weight excluding hydrogens is 234 g/mol. The van der Waals surface area contributed by atoms with Gasteiger partial charge in [-0.25, -0.2) is 4.98 Å². The third-order valence-electron chi connectivity index (χ3n) is 3.08. The van der Waals surface area contributed by atoms with Crippen molar-refractivity contribution in [3.05, 3.63) is 17.3 Å². The van der Waals surface area contributed by atoms with E-state index in [0.29, 0.717) is 19.0 Å². The fourth-order valence-corrected chi connectivity index (χ4v) is 2.12. The Balaban J connectivity index is 2.02. The van der Waals surface area contributed by atoms with Crippen LogP contribution in [0.4, 0.5) is 0 Å². The molecule has 100 valence electrons. The molecule has 1 aliphatic heterocycles. The molecule has 1 aromatic heterocycles. The number of rotatable bonds is 3. The molecule has 0 saturated carbocycles. The molecular formula is C12H19N3O3. The van der Waals surface area contributed by atoms with Gasteiger partial charge >= 0.3 is 0 Å². The van der Waals surface area contributed by atoms with Crippen molar-refractivity contribution in [1.82, 2.24) is 9.88 Å². The minimum Gasteiger partial charge on any atom is -0.444 e. The summed E-state index contributed by atoms with van der Waals surface area (Å²) in [6, 6.07) is 0. The zero-order valence-corrected chi connectivity index (χ0v) is 11.0. The summed E-state index contributed by atoms with van der Waals surface area (Å²) in [4.78, 5) is 17.6. The molecule has 2 N–H and O–H groups in total. The van der Waals surface area contributed by atoms with Crippen molar-refractivity contribution in [1.29, 1.82) is 0 Å². The Hall–Kier alpha value is -1.40. The van der Waals surface area contributed by atoms with Crippen LogP contribution in [-0.2, 0) is 16.1 Å². The molecule has 0 spiro atoms. The molecule has 0 radical (unpaired) electrons. The van der Waals surface area contributed by atoms with E-state index in [-0.39, 0.29) is 6.10 Å². The fourth-order valence-electron chi connectivity index (χ4n) is 2.12. The van der Waals surface area contributed by atoms with Crippen molar-refractivity contribution >= 4 is 5.91 Å². The zero-order chi connectivity index (χ0) is 13.3. The van der Waals surface area contributed by atoms with Gasteiger partial charge in [-0.3, -0.25) is 9.69 Å². The van der Waals surface area contributed by atoms with Gasteiger partial charge in [0.05, 0.1) is 18.3 Å². The second-order valence-electron chi connectivity index (χ2n) is 4.78. The number of hydrogen-bond acceptors (Lipinski definition) is 5. The summed E-state index contributed by atoms with van der Waals surface area (Å²) in [5, 5.41) is 0. The average Bonchev–Trinajstić information content (AvgIpc) is 2.56. The minimum absolute atomic E-state index is 0.0200. The third-order valence-corrected chi connectivity index (χ3v) is 3.08. The Labute approximate surface area is 106 Å². The van der Waals surface area contributed by atoms with E-state index in [1.54, 1.807) is 0 Å². The van der Waals surface area contributed by atoms with Gasteiger partial charge in [0.25, 0.3) is 0 Å². The van der Waals surface area contributed by atoms with Gasteiger partial charge in [0, 0.05) is 13.1 Å². The molecule has 6 nitrogen and oxygen atoms in total. The number of oxazole rings is 1. The van der Waals surface area contributed by atoms with Crippen molar-refractivity contribution in [2.45, 2.75) is 39.5 Å². The van der Waals surface area contributed by atoms with Crippen molar-refractivity contribution in [3.63, 3.8) is 0 Å². The maximum absolute atomic E-state index is 11.2. The first kappa shape index (κ1) is 13.0. The molecule has 2 heterocycles. The number of carbonyl (C=O) groups is 1. The second-order valence-corrected chi connectivity index (χ2v) is 4.78. The normalized spacial score (nSPS) is 25.3. The number of morpholine rings is 1. The molecule has 2 rings (SSSR count). The molecule has 1 saturated heterocycles. The van der Waals surface area contributed by atoms with E-state index in [2.05, 4.69) is 9.88 Å². The Bertz CT molecular complexity index is 424. The van der Waals surface area contributed by atoms with Crippen LogP contribution in [0.2, 0.25) is 0 Å². The highest BCUT2D eigenvalue weighted by molar-refractivity contribution is 5.79. The Morgan fingerprint density at radius 1 is 1.50 bits per heavy atom. The summed E-state index contributed by atoms with van der Waals surface area (Å²) in [6.45, 7) is 7.53. The van der Waals surface area contributed by atoms with Gasteiger partial charge in [-0.05, 0) is 20.8 Å². The number of nitrogens with zero attached hydrogens (tertiary/aromatic N) is 2. The van der Waals surface area contributed by atoms with E-state index < -0.39 is 12.0 Å². The van der Waals surface area contributed by atoms with Crippen LogP contribution in [0.1, 0.15) is 24.3 Å². The number of aromatic nitrogens is 1. The predicted molar refractivity (Wildman–Crippen MR) is 64.8 cm³/mol. The van der Waals surface area contributed by atoms with Crippen LogP contribution >= 0.6 is 0 Å². The monoisotopic (exact) mass is 253 g/mol. The third kappa shape index (κ3) is 2.88. The Kier molecular flexibility index (Phi) is 3.68. The van der Waals surface area contributed by atoms with Crippen LogP contribution in [-0.4, -0.2) is 41.1 Å². The largest absolute Gasteiger partial charge is 0.444 e. The molecule has 0 aromatic carbocycles. The zero-order valence-electron chi connectivity index (χ0n) is 11.0. The summed E-state index contributed by atoms with van der Waals surface area (Å²) >= 11 is 0. The lowest BCUT2D eigenvalue weighted by Crippen LogP contribution is -2.51. The number of hydrogen-bond donors (Lipinski definition) is 1. The average molecular weight is 253 g/mol. The first-order valence-electron chi connectivity index (χ1n) is 6.05. The van der Waals surface area contributed by atoms with Crippen molar-refractivity contribution < 1.29 is 13.9 Å². The van der Waals surface area contributed by atoms with Gasteiger partial charge in [0.2, 0.25) is 11.8 Å². The van der Waals surface area contributed by atoms with Gasteiger partial charge in [0.15, 0.2) is 0 Å². The number of amides is 1. The molecule has 0 aliphatic carbocycles. The molecule has 18 heavy (non-hydrogen) atoms. The lowest BCUT2D eigenvalue weighted by atomic mass is 10.2. The van der Waals surface area contributed by atoms with Crippen molar-refractivity contribution in [2.75, 3.05) is 13.1 Å². The molecule has 2 atom stereocenters. The molecule has 1 aliphatic rings. The summed E-state index contributed by atoms with van der Waals surface area (Å²) in [5.74, 6) is 1.08. The summed E-state index contributed by atoms with van der Waals surface area (Å²) in [7, 11) is 0. The number of carbonyl (C=O) groups excluding carboxylic acids is 1. The van der Waals surface area contributed by atoms with Gasteiger partial charge < -0.3 is 14.9 Å². The van der Waals surface area contributed by atoms with Crippen LogP contribution in [0.25, 0.3) is 0 Å². The van der Waals surface area contributed by atoms with Crippen LogP contribution < -0.4 is 5.73 Å². The molecule has 1 amide bonds. The van der Waals surface area contributed by atoms with E-state index in [1.165, 1.54) is 0 Å². The number of primary amides is 1. The lowest BCUT2D eigenvalue weighted by molar-refractivity contribution is -0.143. The molecule has 6 heteroatoms. The van der Waals surface area contributed by atoms with Crippen LogP contribution in [0, 0.1) is 13.8 Å². The molecule has 1 fully saturated rings. The second kappa shape index (κ2) is 5.07. The van der Waals surface area contributed by atoms with Gasteiger partial charge in [0.1, 0.15) is 11.9 Å². The van der Waals surface area contributed by atoms with E-state index in [9.17, 15) is 4.79 Å². The van der Waals surface area contributed by atoms with Gasteiger partial charge in [-0.1, -0.05) is 0 Å². The molecule has 1 unspecified atom stereocenters. The minimum atomic E-state index is -0.550. The maximum atomic E-state index is 11.2. The van der Waals surface area contributed by atoms with Crippen LogP contribution in [0.15, 0.2) is 4.42 Å². The summed E-state index contributed by atoms with van der Waals surface area (Å²) in [6.07, 6.45) is -0.570. The fraction of sp³-hybridized carbons (Fsp3) is 0.667. The smallest absolute Gasteiger partial charge is 0.247 e. The van der Waals surface area contributed by atoms with E-state index in [1.807, 2.05) is 20.8 Å². The first-order valence-corrected chi connectivity index (χ1v) is 6.05. The van der Waals surface area contributed by atoms with Crippen LogP contribution in [0.3, 0.4) is 0 Å².